The number of fused-ring (bicyclic) bond motifs is 1. The van der Waals surface area contributed by atoms with Gasteiger partial charge in [-0.15, -0.1) is 0 Å². The Balaban J connectivity index is 1.46. The van der Waals surface area contributed by atoms with Gasteiger partial charge >= 0.3 is 0 Å². The van der Waals surface area contributed by atoms with Gasteiger partial charge in [0.25, 0.3) is 0 Å². The fraction of sp³-hybridized carbons (Fsp3) is 0.800. The molecule has 3 aliphatic rings. The summed E-state index contributed by atoms with van der Waals surface area (Å²) in [5, 5.41) is 17.0. The first-order valence-corrected chi connectivity index (χ1v) is 10.5. The van der Waals surface area contributed by atoms with Crippen molar-refractivity contribution in [2.75, 3.05) is 44.6 Å². The van der Waals surface area contributed by atoms with Crippen molar-refractivity contribution in [1.29, 1.82) is 0 Å². The highest BCUT2D eigenvalue weighted by molar-refractivity contribution is 5.48. The zero-order valence-electron chi connectivity index (χ0n) is 15.8. The monoisotopic (exact) mass is 359 g/mol. The number of likely N-dealkylation sites (tertiary alicyclic amines) is 1. The number of β-amino-alcohol motifs (C(OH)–C–C–N with tert-alkyl or cyclic N) is 1. The van der Waals surface area contributed by atoms with Crippen LogP contribution >= 0.6 is 0 Å². The van der Waals surface area contributed by atoms with Crippen LogP contribution in [-0.4, -0.2) is 65.3 Å². The highest BCUT2D eigenvalue weighted by Gasteiger charge is 2.24. The van der Waals surface area contributed by atoms with Crippen molar-refractivity contribution in [2.24, 2.45) is 0 Å². The van der Waals surface area contributed by atoms with Crippen LogP contribution in [0.15, 0.2) is 0 Å². The van der Waals surface area contributed by atoms with E-state index in [0.29, 0.717) is 5.92 Å². The van der Waals surface area contributed by atoms with Crippen molar-refractivity contribution in [3.05, 3.63) is 17.1 Å². The number of hydrogen-bond donors (Lipinski definition) is 3. The summed E-state index contributed by atoms with van der Waals surface area (Å²) in [7, 11) is 0. The first-order chi connectivity index (χ1) is 12.8. The summed E-state index contributed by atoms with van der Waals surface area (Å²) < 4.78 is 0. The van der Waals surface area contributed by atoms with Crippen LogP contribution in [0, 0.1) is 0 Å². The number of rotatable bonds is 5. The van der Waals surface area contributed by atoms with Crippen LogP contribution in [0.5, 0.6) is 0 Å². The Labute approximate surface area is 156 Å². The Hall–Kier alpha value is -1.24. The summed E-state index contributed by atoms with van der Waals surface area (Å²) in [6.45, 7) is 5.77. The standard InChI is InChI=1S/C20H33N5O/c26-16-6-3-12-25(14-16)13-11-22-20-17-7-9-21-10-8-18(17)23-19(24-20)15-4-1-2-5-15/h15-16,21,26H,1-14H2,(H,22,23,24). The van der Waals surface area contributed by atoms with Crippen molar-refractivity contribution in [3.63, 3.8) is 0 Å². The van der Waals surface area contributed by atoms with Crippen LogP contribution < -0.4 is 10.6 Å². The van der Waals surface area contributed by atoms with Gasteiger partial charge in [-0.3, -0.25) is 4.90 Å². The van der Waals surface area contributed by atoms with E-state index in [2.05, 4.69) is 15.5 Å². The molecule has 1 saturated heterocycles. The maximum atomic E-state index is 9.85. The van der Waals surface area contributed by atoms with Gasteiger partial charge in [0, 0.05) is 44.1 Å². The maximum Gasteiger partial charge on any atom is 0.134 e. The fourth-order valence-electron chi connectivity index (χ4n) is 4.64. The van der Waals surface area contributed by atoms with E-state index in [-0.39, 0.29) is 6.10 Å². The Morgan fingerprint density at radius 3 is 2.77 bits per heavy atom. The number of aromatic nitrogens is 2. The van der Waals surface area contributed by atoms with Crippen molar-refractivity contribution in [3.8, 4) is 0 Å². The molecule has 0 spiro atoms. The molecule has 2 aliphatic heterocycles. The molecule has 3 N–H and O–H groups in total. The van der Waals surface area contributed by atoms with Crippen molar-refractivity contribution in [1.82, 2.24) is 20.2 Å². The van der Waals surface area contributed by atoms with E-state index in [1.165, 1.54) is 36.9 Å². The van der Waals surface area contributed by atoms with Gasteiger partial charge in [-0.05, 0) is 45.2 Å². The van der Waals surface area contributed by atoms with E-state index in [1.807, 2.05) is 0 Å². The summed E-state index contributed by atoms with van der Waals surface area (Å²) in [5.41, 5.74) is 2.57. The number of anilines is 1. The Bertz CT molecular complexity index is 602. The Morgan fingerprint density at radius 1 is 1.08 bits per heavy atom. The SMILES string of the molecule is OC1CCCN(CCNc2nc(C3CCCC3)nc3c2CCNCC3)C1. The molecular formula is C20H33N5O. The third kappa shape index (κ3) is 4.35. The maximum absolute atomic E-state index is 9.85. The van der Waals surface area contributed by atoms with Gasteiger partial charge in [0.05, 0.1) is 11.8 Å². The minimum atomic E-state index is -0.154. The molecule has 1 unspecified atom stereocenters. The highest BCUT2D eigenvalue weighted by atomic mass is 16.3. The number of piperidine rings is 1. The summed E-state index contributed by atoms with van der Waals surface area (Å²) in [6.07, 6.45) is 9.00. The molecule has 1 aliphatic carbocycles. The van der Waals surface area contributed by atoms with E-state index in [4.69, 9.17) is 9.97 Å². The molecule has 26 heavy (non-hydrogen) atoms. The van der Waals surface area contributed by atoms with Gasteiger partial charge in [0.2, 0.25) is 0 Å². The van der Waals surface area contributed by atoms with Crippen LogP contribution in [0.2, 0.25) is 0 Å². The summed E-state index contributed by atoms with van der Waals surface area (Å²) in [5.74, 6) is 2.69. The fourth-order valence-corrected chi connectivity index (χ4v) is 4.64. The van der Waals surface area contributed by atoms with Gasteiger partial charge < -0.3 is 15.7 Å². The topological polar surface area (TPSA) is 73.3 Å². The highest BCUT2D eigenvalue weighted by Crippen LogP contribution is 2.34. The lowest BCUT2D eigenvalue weighted by Crippen LogP contribution is -2.40. The molecule has 4 rings (SSSR count). The third-order valence-electron chi connectivity index (χ3n) is 6.12. The predicted molar refractivity (Wildman–Crippen MR) is 104 cm³/mol. The second-order valence-electron chi connectivity index (χ2n) is 8.11. The molecule has 0 radical (unpaired) electrons. The molecule has 1 aromatic rings. The second kappa shape index (κ2) is 8.63. The van der Waals surface area contributed by atoms with E-state index in [1.54, 1.807) is 0 Å². The van der Waals surface area contributed by atoms with Crippen molar-refractivity contribution >= 4 is 5.82 Å². The molecule has 0 aromatic carbocycles. The van der Waals surface area contributed by atoms with Gasteiger partial charge in [0.15, 0.2) is 0 Å². The number of hydrogen-bond acceptors (Lipinski definition) is 6. The van der Waals surface area contributed by atoms with Crippen LogP contribution in [0.4, 0.5) is 5.82 Å². The third-order valence-corrected chi connectivity index (χ3v) is 6.12. The smallest absolute Gasteiger partial charge is 0.134 e. The molecule has 3 heterocycles. The van der Waals surface area contributed by atoms with Crippen LogP contribution in [0.25, 0.3) is 0 Å². The van der Waals surface area contributed by atoms with Crippen molar-refractivity contribution < 1.29 is 5.11 Å². The van der Waals surface area contributed by atoms with Gasteiger partial charge in [0.1, 0.15) is 11.6 Å². The van der Waals surface area contributed by atoms with Gasteiger partial charge in [-0.25, -0.2) is 9.97 Å². The van der Waals surface area contributed by atoms with E-state index >= 15 is 0 Å². The lowest BCUT2D eigenvalue weighted by molar-refractivity contribution is 0.0730. The largest absolute Gasteiger partial charge is 0.392 e. The molecule has 1 aromatic heterocycles. The normalized spacial score (nSPS) is 25.0. The summed E-state index contributed by atoms with van der Waals surface area (Å²) in [4.78, 5) is 12.3. The Morgan fingerprint density at radius 2 is 1.92 bits per heavy atom. The number of aliphatic hydroxyl groups is 1. The van der Waals surface area contributed by atoms with E-state index in [9.17, 15) is 5.11 Å². The quantitative estimate of drug-likeness (QED) is 0.743. The Kier molecular flexibility index (Phi) is 6.02. The van der Waals surface area contributed by atoms with Crippen LogP contribution in [0.1, 0.15) is 61.5 Å². The molecule has 0 amide bonds. The first-order valence-electron chi connectivity index (χ1n) is 10.5. The van der Waals surface area contributed by atoms with Crippen LogP contribution in [0.3, 0.4) is 0 Å². The lowest BCUT2D eigenvalue weighted by Gasteiger charge is -2.30. The minimum Gasteiger partial charge on any atom is -0.392 e. The average molecular weight is 360 g/mol. The summed E-state index contributed by atoms with van der Waals surface area (Å²) in [6, 6.07) is 0. The minimum absolute atomic E-state index is 0.154. The molecule has 0 bridgehead atoms. The van der Waals surface area contributed by atoms with Crippen molar-refractivity contribution in [2.45, 2.75) is 63.4 Å². The number of aliphatic hydroxyl groups excluding tert-OH is 1. The zero-order chi connectivity index (χ0) is 17.8. The van der Waals surface area contributed by atoms with Gasteiger partial charge in [-0.1, -0.05) is 12.8 Å². The molecule has 2 fully saturated rings. The predicted octanol–water partition coefficient (Wildman–Crippen LogP) is 1.69. The number of nitrogens with zero attached hydrogens (tertiary/aromatic N) is 3. The lowest BCUT2D eigenvalue weighted by atomic mass is 10.0. The van der Waals surface area contributed by atoms with E-state index < -0.39 is 0 Å². The summed E-state index contributed by atoms with van der Waals surface area (Å²) >= 11 is 0. The molecule has 1 atom stereocenters. The van der Waals surface area contributed by atoms with Crippen LogP contribution in [-0.2, 0) is 12.8 Å². The number of nitrogens with one attached hydrogen (secondary N) is 2. The average Bonchev–Trinajstić information content (AvgIpc) is 3.07. The molecule has 1 saturated carbocycles. The molecule has 6 heteroatoms. The molecule has 144 valence electrons. The molecule has 6 nitrogen and oxygen atoms in total. The van der Waals surface area contributed by atoms with Gasteiger partial charge in [-0.2, -0.15) is 0 Å². The van der Waals surface area contributed by atoms with E-state index in [0.717, 1.165) is 76.6 Å². The first kappa shape index (κ1) is 18.1. The zero-order valence-corrected chi connectivity index (χ0v) is 15.8. The molecular weight excluding hydrogens is 326 g/mol. The second-order valence-corrected chi connectivity index (χ2v) is 8.11.